The lowest BCUT2D eigenvalue weighted by Crippen LogP contribution is -2.32. The summed E-state index contributed by atoms with van der Waals surface area (Å²) < 4.78 is 16.5. The molecule has 3 fully saturated rings. The Kier molecular flexibility index (Phi) is 9.59. The third-order valence-corrected chi connectivity index (χ3v) is 9.12. The molecule has 3 saturated carbocycles. The van der Waals surface area contributed by atoms with Crippen LogP contribution in [0, 0.1) is 29.6 Å². The summed E-state index contributed by atoms with van der Waals surface area (Å²) in [5, 5.41) is 0. The first-order valence-corrected chi connectivity index (χ1v) is 14.1. The van der Waals surface area contributed by atoms with Gasteiger partial charge in [-0.25, -0.2) is 4.79 Å². The minimum atomic E-state index is -0.317. The van der Waals surface area contributed by atoms with E-state index < -0.39 is 0 Å². The van der Waals surface area contributed by atoms with Crippen LogP contribution in [0.1, 0.15) is 90.4 Å². The summed E-state index contributed by atoms with van der Waals surface area (Å²) in [6.07, 6.45) is 17.4. The molecule has 1 aromatic rings. The summed E-state index contributed by atoms with van der Waals surface area (Å²) in [5.41, 5.74) is 12.5. The van der Waals surface area contributed by atoms with Gasteiger partial charge in [-0.15, -0.1) is 0 Å². The van der Waals surface area contributed by atoms with Crippen molar-refractivity contribution >= 4 is 17.3 Å². The zero-order valence-electron chi connectivity index (χ0n) is 21.6. The quantitative estimate of drug-likeness (QED) is 0.183. The minimum Gasteiger partial charge on any atom is -0.467 e. The molecule has 3 aliphatic carbocycles. The van der Waals surface area contributed by atoms with Gasteiger partial charge in [0.15, 0.2) is 6.79 Å². The molecule has 0 aliphatic heterocycles. The molecule has 0 aromatic heterocycles. The van der Waals surface area contributed by atoms with E-state index in [2.05, 4.69) is 6.92 Å². The number of hydrogen-bond donors (Lipinski definition) is 2. The summed E-state index contributed by atoms with van der Waals surface area (Å²) >= 11 is 0. The van der Waals surface area contributed by atoms with Crippen LogP contribution in [0.5, 0.6) is 5.75 Å². The maximum absolute atomic E-state index is 12.2. The first-order chi connectivity index (χ1) is 17.0. The summed E-state index contributed by atoms with van der Waals surface area (Å²) in [4.78, 5) is 12.2. The first-order valence-electron chi connectivity index (χ1n) is 14.1. The van der Waals surface area contributed by atoms with E-state index in [-0.39, 0.29) is 25.5 Å². The third-order valence-electron chi connectivity index (χ3n) is 9.12. The number of nitrogen functional groups attached to an aromatic ring is 2. The summed E-state index contributed by atoms with van der Waals surface area (Å²) in [5.74, 6) is 4.90. The van der Waals surface area contributed by atoms with Gasteiger partial charge in [0.1, 0.15) is 18.5 Å². The van der Waals surface area contributed by atoms with Gasteiger partial charge in [0.05, 0.1) is 0 Å². The second-order valence-electron chi connectivity index (χ2n) is 11.3. The van der Waals surface area contributed by atoms with E-state index in [0.29, 0.717) is 17.1 Å². The topological polar surface area (TPSA) is 96.8 Å². The maximum atomic E-state index is 12.2. The van der Waals surface area contributed by atoms with Crippen molar-refractivity contribution in [3.8, 4) is 5.75 Å². The summed E-state index contributed by atoms with van der Waals surface area (Å²) in [7, 11) is 0. The molecule has 3 aliphatic rings. The molecule has 0 amide bonds. The molecule has 0 atom stereocenters. The van der Waals surface area contributed by atoms with Crippen LogP contribution < -0.4 is 16.2 Å². The molecule has 4 rings (SSSR count). The van der Waals surface area contributed by atoms with Crippen molar-refractivity contribution in [1.29, 1.82) is 0 Å². The van der Waals surface area contributed by atoms with E-state index in [1.807, 2.05) is 0 Å². The van der Waals surface area contributed by atoms with Gasteiger partial charge in [0, 0.05) is 23.5 Å². The van der Waals surface area contributed by atoms with Gasteiger partial charge in [-0.05, 0) is 99.9 Å². The Labute approximate surface area is 211 Å². The number of benzene rings is 1. The van der Waals surface area contributed by atoms with E-state index in [1.54, 1.807) is 18.2 Å². The second-order valence-corrected chi connectivity index (χ2v) is 11.3. The number of anilines is 2. The SMILES string of the molecule is CCC1CCC(C2CCC(C3CCC(OC(=O)COCOc4cc(N)cc(N)c4)CC3)CC2)CC1. The molecule has 0 heterocycles. The molecular formula is C29H46N2O4. The van der Waals surface area contributed by atoms with E-state index in [0.717, 1.165) is 42.4 Å². The number of ether oxygens (including phenoxy) is 3. The zero-order chi connectivity index (χ0) is 24.6. The van der Waals surface area contributed by atoms with Crippen molar-refractivity contribution < 1.29 is 19.0 Å². The molecule has 4 N–H and O–H groups in total. The number of hydrogen-bond acceptors (Lipinski definition) is 6. The number of esters is 1. The van der Waals surface area contributed by atoms with Gasteiger partial charge in [0.25, 0.3) is 0 Å². The number of nitrogens with two attached hydrogens (primary N) is 2. The Hall–Kier alpha value is -1.95. The molecule has 0 unspecified atom stereocenters. The van der Waals surface area contributed by atoms with Crippen LogP contribution in [0.3, 0.4) is 0 Å². The second kappa shape index (κ2) is 12.8. The standard InChI is InChI=1S/C29H46N2O4/c1-2-20-3-5-21(6-4-20)22-7-9-23(10-8-22)24-11-13-27(14-12-24)35-29(32)18-33-19-34-28-16-25(30)15-26(31)17-28/h15-17,20-24,27H,2-14,18-19,30-31H2,1H3. The monoisotopic (exact) mass is 486 g/mol. The van der Waals surface area contributed by atoms with Crippen LogP contribution in [0.4, 0.5) is 11.4 Å². The third kappa shape index (κ3) is 7.77. The highest BCUT2D eigenvalue weighted by atomic mass is 16.7. The van der Waals surface area contributed by atoms with Crippen LogP contribution in [0.2, 0.25) is 0 Å². The van der Waals surface area contributed by atoms with Crippen molar-refractivity contribution in [3.63, 3.8) is 0 Å². The normalized spacial score (nSPS) is 31.6. The highest BCUT2D eigenvalue weighted by Crippen LogP contribution is 2.45. The number of rotatable bonds is 9. The Bertz CT molecular complexity index is 772. The fraction of sp³-hybridized carbons (Fsp3) is 0.759. The predicted molar refractivity (Wildman–Crippen MR) is 140 cm³/mol. The minimum absolute atomic E-state index is 0.0297. The predicted octanol–water partition coefficient (Wildman–Crippen LogP) is 6.33. The van der Waals surface area contributed by atoms with Gasteiger partial charge in [-0.1, -0.05) is 26.2 Å². The van der Waals surface area contributed by atoms with Crippen LogP contribution in [0.15, 0.2) is 18.2 Å². The van der Waals surface area contributed by atoms with Gasteiger partial charge in [0.2, 0.25) is 0 Å². The fourth-order valence-electron chi connectivity index (χ4n) is 7.02. The van der Waals surface area contributed by atoms with Gasteiger partial charge >= 0.3 is 5.97 Å². The lowest BCUT2D eigenvalue weighted by Gasteiger charge is -2.41. The average Bonchev–Trinajstić information content (AvgIpc) is 2.87. The molecule has 196 valence electrons. The van der Waals surface area contributed by atoms with E-state index in [9.17, 15) is 4.79 Å². The van der Waals surface area contributed by atoms with Gasteiger partial charge < -0.3 is 25.7 Å². The van der Waals surface area contributed by atoms with Crippen molar-refractivity contribution in [1.82, 2.24) is 0 Å². The summed E-state index contributed by atoms with van der Waals surface area (Å²) in [6.45, 7) is 2.20. The molecule has 35 heavy (non-hydrogen) atoms. The molecule has 6 nitrogen and oxygen atoms in total. The molecule has 6 heteroatoms. The van der Waals surface area contributed by atoms with Crippen molar-refractivity contribution in [3.05, 3.63) is 18.2 Å². The van der Waals surface area contributed by atoms with Crippen molar-refractivity contribution in [2.75, 3.05) is 24.9 Å². The Morgan fingerprint density at radius 3 is 1.77 bits per heavy atom. The lowest BCUT2D eigenvalue weighted by atomic mass is 9.65. The van der Waals surface area contributed by atoms with Crippen molar-refractivity contribution in [2.45, 2.75) is 96.5 Å². The maximum Gasteiger partial charge on any atom is 0.332 e. The van der Waals surface area contributed by atoms with Gasteiger partial charge in [-0.2, -0.15) is 0 Å². The number of carbonyl (C=O) groups excluding carboxylic acids is 1. The van der Waals surface area contributed by atoms with Gasteiger partial charge in [-0.3, -0.25) is 0 Å². The van der Waals surface area contributed by atoms with E-state index >= 15 is 0 Å². The lowest BCUT2D eigenvalue weighted by molar-refractivity contribution is -0.159. The highest BCUT2D eigenvalue weighted by molar-refractivity contribution is 5.70. The number of carbonyl (C=O) groups is 1. The van der Waals surface area contributed by atoms with Crippen molar-refractivity contribution in [2.24, 2.45) is 29.6 Å². The Morgan fingerprint density at radius 2 is 1.26 bits per heavy atom. The highest BCUT2D eigenvalue weighted by Gasteiger charge is 2.35. The first kappa shape index (κ1) is 26.1. The molecule has 0 radical (unpaired) electrons. The smallest absolute Gasteiger partial charge is 0.332 e. The van der Waals surface area contributed by atoms with E-state index in [4.69, 9.17) is 25.7 Å². The van der Waals surface area contributed by atoms with Crippen LogP contribution in [-0.2, 0) is 14.3 Å². The molecule has 0 bridgehead atoms. The zero-order valence-corrected chi connectivity index (χ0v) is 21.6. The fourth-order valence-corrected chi connectivity index (χ4v) is 7.02. The molecule has 0 spiro atoms. The molecule has 0 saturated heterocycles. The molecule has 1 aromatic carbocycles. The van der Waals surface area contributed by atoms with E-state index in [1.165, 1.54) is 70.6 Å². The largest absolute Gasteiger partial charge is 0.467 e. The average molecular weight is 487 g/mol. The Balaban J connectivity index is 1.08. The van der Waals surface area contributed by atoms with Crippen LogP contribution in [0.25, 0.3) is 0 Å². The molecular weight excluding hydrogens is 440 g/mol. The summed E-state index contributed by atoms with van der Waals surface area (Å²) in [6, 6.07) is 4.99. The van der Waals surface area contributed by atoms with Crippen LogP contribution in [-0.4, -0.2) is 25.5 Å². The van der Waals surface area contributed by atoms with Crippen LogP contribution >= 0.6 is 0 Å². The Morgan fingerprint density at radius 1 is 0.771 bits per heavy atom.